The molecule has 3 heteroatoms. The predicted molar refractivity (Wildman–Crippen MR) is 56.4 cm³/mol. The van der Waals surface area contributed by atoms with Crippen LogP contribution in [0, 0.1) is 6.92 Å². The molecule has 0 radical (unpaired) electrons. The molecule has 1 rings (SSSR count). The van der Waals surface area contributed by atoms with Crippen molar-refractivity contribution in [2.24, 2.45) is 5.73 Å². The summed E-state index contributed by atoms with van der Waals surface area (Å²) in [6.45, 7) is 4.06. The summed E-state index contributed by atoms with van der Waals surface area (Å²) in [6, 6.07) is 7.70. The van der Waals surface area contributed by atoms with Crippen molar-refractivity contribution < 1.29 is 9.84 Å². The van der Waals surface area contributed by atoms with E-state index in [1.807, 2.05) is 31.2 Å². The van der Waals surface area contributed by atoms with Gasteiger partial charge in [0.05, 0.1) is 0 Å². The summed E-state index contributed by atoms with van der Waals surface area (Å²) >= 11 is 0. The molecule has 0 fully saturated rings. The van der Waals surface area contributed by atoms with Gasteiger partial charge in [-0.05, 0) is 31.5 Å². The zero-order valence-electron chi connectivity index (χ0n) is 8.66. The Bertz CT molecular complexity index is 297. The van der Waals surface area contributed by atoms with Gasteiger partial charge in [-0.3, -0.25) is 0 Å². The normalized spacial score (nSPS) is 14.9. The maximum absolute atomic E-state index is 9.60. The highest BCUT2D eigenvalue weighted by Crippen LogP contribution is 2.14. The Labute approximate surface area is 84.5 Å². The average Bonchev–Trinajstić information content (AvgIpc) is 2.15. The van der Waals surface area contributed by atoms with Gasteiger partial charge in [-0.1, -0.05) is 12.1 Å². The van der Waals surface area contributed by atoms with Gasteiger partial charge < -0.3 is 15.6 Å². The minimum absolute atomic E-state index is 0.193. The molecule has 3 nitrogen and oxygen atoms in total. The van der Waals surface area contributed by atoms with Crippen LogP contribution in [-0.4, -0.2) is 23.9 Å². The first-order valence-electron chi connectivity index (χ1n) is 4.65. The smallest absolute Gasteiger partial charge is 0.119 e. The highest BCUT2D eigenvalue weighted by Gasteiger charge is 2.18. The van der Waals surface area contributed by atoms with Crippen molar-refractivity contribution in [1.29, 1.82) is 0 Å². The molecule has 1 aromatic rings. The van der Waals surface area contributed by atoms with Gasteiger partial charge in [0.25, 0.3) is 0 Å². The van der Waals surface area contributed by atoms with Crippen LogP contribution in [0.3, 0.4) is 0 Å². The van der Waals surface area contributed by atoms with Gasteiger partial charge in [0.1, 0.15) is 18.0 Å². The zero-order chi connectivity index (χ0) is 10.6. The lowest BCUT2D eigenvalue weighted by atomic mass is 10.1. The molecule has 0 aromatic heterocycles. The largest absolute Gasteiger partial charge is 0.491 e. The van der Waals surface area contributed by atoms with E-state index in [0.717, 1.165) is 11.3 Å². The Morgan fingerprint density at radius 2 is 2.21 bits per heavy atom. The highest BCUT2D eigenvalue weighted by atomic mass is 16.5. The Balaban J connectivity index is 2.54. The number of hydrogen-bond donors (Lipinski definition) is 2. The number of aryl methyl sites for hydroxylation is 1. The SMILES string of the molecule is Cc1cccc(OCC(C)(O)CN)c1. The second-order valence-corrected chi connectivity index (χ2v) is 3.81. The number of rotatable bonds is 4. The van der Waals surface area contributed by atoms with E-state index in [0.29, 0.717) is 0 Å². The van der Waals surface area contributed by atoms with Crippen LogP contribution in [-0.2, 0) is 0 Å². The van der Waals surface area contributed by atoms with Gasteiger partial charge in [-0.2, -0.15) is 0 Å². The molecule has 0 saturated heterocycles. The first-order chi connectivity index (χ1) is 6.53. The van der Waals surface area contributed by atoms with Crippen LogP contribution in [0.5, 0.6) is 5.75 Å². The highest BCUT2D eigenvalue weighted by molar-refractivity contribution is 5.27. The number of nitrogens with two attached hydrogens (primary N) is 1. The number of benzene rings is 1. The van der Waals surface area contributed by atoms with Crippen LogP contribution in [0.4, 0.5) is 0 Å². The van der Waals surface area contributed by atoms with Crippen LogP contribution in [0.25, 0.3) is 0 Å². The summed E-state index contributed by atoms with van der Waals surface area (Å²) in [6.07, 6.45) is 0. The third-order valence-corrected chi connectivity index (χ3v) is 1.98. The molecule has 0 aliphatic heterocycles. The average molecular weight is 195 g/mol. The molecule has 3 N–H and O–H groups in total. The van der Waals surface area contributed by atoms with Crippen molar-refractivity contribution in [3.05, 3.63) is 29.8 Å². The van der Waals surface area contributed by atoms with Crippen molar-refractivity contribution in [2.45, 2.75) is 19.4 Å². The lowest BCUT2D eigenvalue weighted by Crippen LogP contribution is -2.40. The lowest BCUT2D eigenvalue weighted by Gasteiger charge is -2.21. The molecule has 0 bridgehead atoms. The molecule has 0 saturated carbocycles. The Kier molecular flexibility index (Phi) is 3.49. The third kappa shape index (κ3) is 3.36. The summed E-state index contributed by atoms with van der Waals surface area (Å²) in [5.41, 5.74) is 5.55. The zero-order valence-corrected chi connectivity index (χ0v) is 8.66. The van der Waals surface area contributed by atoms with E-state index in [1.165, 1.54) is 0 Å². The Morgan fingerprint density at radius 1 is 1.50 bits per heavy atom. The van der Waals surface area contributed by atoms with Crippen LogP contribution >= 0.6 is 0 Å². The standard InChI is InChI=1S/C11H17NO2/c1-9-4-3-5-10(6-9)14-8-11(2,13)7-12/h3-6,13H,7-8,12H2,1-2H3. The van der Waals surface area contributed by atoms with Gasteiger partial charge in [0.2, 0.25) is 0 Å². The molecule has 0 aliphatic rings. The minimum atomic E-state index is -0.955. The summed E-state index contributed by atoms with van der Waals surface area (Å²) < 4.78 is 5.41. The van der Waals surface area contributed by atoms with Crippen molar-refractivity contribution in [1.82, 2.24) is 0 Å². The van der Waals surface area contributed by atoms with Crippen molar-refractivity contribution in [3.63, 3.8) is 0 Å². The van der Waals surface area contributed by atoms with Gasteiger partial charge >= 0.3 is 0 Å². The quantitative estimate of drug-likeness (QED) is 0.756. The number of aliphatic hydroxyl groups is 1. The molecular formula is C11H17NO2. The summed E-state index contributed by atoms with van der Waals surface area (Å²) in [5.74, 6) is 0.763. The van der Waals surface area contributed by atoms with Gasteiger partial charge in [0.15, 0.2) is 0 Å². The van der Waals surface area contributed by atoms with Crippen molar-refractivity contribution in [2.75, 3.05) is 13.2 Å². The van der Waals surface area contributed by atoms with Crippen molar-refractivity contribution in [3.8, 4) is 5.75 Å². The second-order valence-electron chi connectivity index (χ2n) is 3.81. The van der Waals surface area contributed by atoms with Crippen LogP contribution in [0.1, 0.15) is 12.5 Å². The third-order valence-electron chi connectivity index (χ3n) is 1.98. The van der Waals surface area contributed by atoms with E-state index in [2.05, 4.69) is 0 Å². The van der Waals surface area contributed by atoms with E-state index in [1.54, 1.807) is 6.92 Å². The van der Waals surface area contributed by atoms with E-state index < -0.39 is 5.60 Å². The van der Waals surface area contributed by atoms with Crippen LogP contribution < -0.4 is 10.5 Å². The Morgan fingerprint density at radius 3 is 2.79 bits per heavy atom. The fourth-order valence-electron chi connectivity index (χ4n) is 1.00. The molecule has 0 spiro atoms. The predicted octanol–water partition coefficient (Wildman–Crippen LogP) is 1.08. The molecule has 78 valence electrons. The molecular weight excluding hydrogens is 178 g/mol. The fourth-order valence-corrected chi connectivity index (χ4v) is 1.00. The maximum atomic E-state index is 9.60. The summed E-state index contributed by atoms with van der Waals surface area (Å²) in [7, 11) is 0. The molecule has 1 aromatic carbocycles. The molecule has 0 aliphatic carbocycles. The van der Waals surface area contributed by atoms with E-state index in [4.69, 9.17) is 10.5 Å². The summed E-state index contributed by atoms with van der Waals surface area (Å²) in [5, 5.41) is 9.60. The van der Waals surface area contributed by atoms with Gasteiger partial charge in [0, 0.05) is 6.54 Å². The van der Waals surface area contributed by atoms with E-state index in [-0.39, 0.29) is 13.2 Å². The molecule has 1 atom stereocenters. The monoisotopic (exact) mass is 195 g/mol. The molecule has 1 unspecified atom stereocenters. The van der Waals surface area contributed by atoms with Crippen LogP contribution in [0.2, 0.25) is 0 Å². The van der Waals surface area contributed by atoms with Crippen LogP contribution in [0.15, 0.2) is 24.3 Å². The first kappa shape index (κ1) is 11.0. The topological polar surface area (TPSA) is 55.5 Å². The summed E-state index contributed by atoms with van der Waals surface area (Å²) in [4.78, 5) is 0. The number of hydrogen-bond acceptors (Lipinski definition) is 3. The maximum Gasteiger partial charge on any atom is 0.119 e. The molecule has 14 heavy (non-hydrogen) atoms. The Hall–Kier alpha value is -1.06. The first-order valence-corrected chi connectivity index (χ1v) is 4.65. The molecule has 0 heterocycles. The minimum Gasteiger partial charge on any atom is -0.491 e. The number of ether oxygens (including phenoxy) is 1. The molecule has 0 amide bonds. The van der Waals surface area contributed by atoms with Crippen molar-refractivity contribution >= 4 is 0 Å². The fraction of sp³-hybridized carbons (Fsp3) is 0.455. The van der Waals surface area contributed by atoms with E-state index in [9.17, 15) is 5.11 Å². The van der Waals surface area contributed by atoms with E-state index >= 15 is 0 Å². The lowest BCUT2D eigenvalue weighted by molar-refractivity contribution is 0.0195. The van der Waals surface area contributed by atoms with Gasteiger partial charge in [-0.15, -0.1) is 0 Å². The van der Waals surface area contributed by atoms with Gasteiger partial charge in [-0.25, -0.2) is 0 Å². The second kappa shape index (κ2) is 4.44.